The standard InChI is InChI=1S/C20H23NO2/c1-15-9-11-16(12-10-15)18-8-5-13-21(20(18)23)19(14-22)17-6-3-2-4-7-17/h2-4,6-7,9-12,18-19,22H,5,8,13-14H2,1H3/t18-,19+/m1/s1. The van der Waals surface area contributed by atoms with Crippen LogP contribution in [0.25, 0.3) is 0 Å². The predicted octanol–water partition coefficient (Wildman–Crippen LogP) is 3.43. The predicted molar refractivity (Wildman–Crippen MR) is 91.1 cm³/mol. The number of hydrogen-bond donors (Lipinski definition) is 1. The van der Waals surface area contributed by atoms with Crippen LogP contribution >= 0.6 is 0 Å². The van der Waals surface area contributed by atoms with E-state index in [1.165, 1.54) is 5.56 Å². The van der Waals surface area contributed by atoms with E-state index in [9.17, 15) is 9.90 Å². The van der Waals surface area contributed by atoms with Crippen molar-refractivity contribution in [2.24, 2.45) is 0 Å². The average Bonchev–Trinajstić information content (AvgIpc) is 2.59. The number of carbonyl (C=O) groups excluding carboxylic acids is 1. The monoisotopic (exact) mass is 309 g/mol. The molecular formula is C20H23NO2. The Morgan fingerprint density at radius 3 is 2.48 bits per heavy atom. The zero-order valence-electron chi connectivity index (χ0n) is 13.5. The van der Waals surface area contributed by atoms with Crippen LogP contribution < -0.4 is 0 Å². The van der Waals surface area contributed by atoms with Crippen molar-refractivity contribution >= 4 is 5.91 Å². The number of aliphatic hydroxyl groups excluding tert-OH is 1. The second kappa shape index (κ2) is 6.97. The SMILES string of the molecule is Cc1ccc([C@H]2CCCN([C@@H](CO)c3ccccc3)C2=O)cc1. The van der Waals surface area contributed by atoms with Crippen molar-refractivity contribution in [3.05, 3.63) is 71.3 Å². The Bertz CT molecular complexity index is 651. The summed E-state index contributed by atoms with van der Waals surface area (Å²) in [5.41, 5.74) is 3.27. The molecule has 0 aliphatic carbocycles. The molecule has 1 saturated heterocycles. The fraction of sp³-hybridized carbons (Fsp3) is 0.350. The number of piperidine rings is 1. The summed E-state index contributed by atoms with van der Waals surface area (Å²) in [6.07, 6.45) is 1.85. The van der Waals surface area contributed by atoms with Crippen molar-refractivity contribution in [2.75, 3.05) is 13.2 Å². The highest BCUT2D eigenvalue weighted by molar-refractivity contribution is 5.85. The van der Waals surface area contributed by atoms with Crippen molar-refractivity contribution in [1.82, 2.24) is 4.90 Å². The van der Waals surface area contributed by atoms with Crippen LogP contribution in [0, 0.1) is 6.92 Å². The first-order valence-electron chi connectivity index (χ1n) is 8.23. The third-order valence-electron chi connectivity index (χ3n) is 4.69. The Labute approximate surface area is 137 Å². The summed E-state index contributed by atoms with van der Waals surface area (Å²) in [5, 5.41) is 9.85. The van der Waals surface area contributed by atoms with Gasteiger partial charge in [-0.15, -0.1) is 0 Å². The molecule has 0 aromatic heterocycles. The molecule has 3 heteroatoms. The highest BCUT2D eigenvalue weighted by atomic mass is 16.3. The van der Waals surface area contributed by atoms with E-state index in [-0.39, 0.29) is 24.5 Å². The molecule has 3 rings (SSSR count). The Morgan fingerprint density at radius 1 is 1.13 bits per heavy atom. The summed E-state index contributed by atoms with van der Waals surface area (Å²) in [6, 6.07) is 17.8. The fourth-order valence-electron chi connectivity index (χ4n) is 3.38. The summed E-state index contributed by atoms with van der Waals surface area (Å²) in [6.45, 7) is 2.72. The van der Waals surface area contributed by atoms with Gasteiger partial charge in [-0.05, 0) is 30.9 Å². The highest BCUT2D eigenvalue weighted by Gasteiger charge is 2.34. The first-order chi connectivity index (χ1) is 11.2. The lowest BCUT2D eigenvalue weighted by molar-refractivity contribution is -0.139. The maximum Gasteiger partial charge on any atom is 0.230 e. The average molecular weight is 309 g/mol. The van der Waals surface area contributed by atoms with E-state index >= 15 is 0 Å². The molecule has 0 spiro atoms. The number of aliphatic hydroxyl groups is 1. The Hall–Kier alpha value is -2.13. The van der Waals surface area contributed by atoms with Gasteiger partial charge in [0.05, 0.1) is 18.6 Å². The third-order valence-corrected chi connectivity index (χ3v) is 4.69. The van der Waals surface area contributed by atoms with E-state index in [0.29, 0.717) is 6.54 Å². The zero-order chi connectivity index (χ0) is 16.2. The molecule has 1 N–H and O–H groups in total. The quantitative estimate of drug-likeness (QED) is 0.940. The first-order valence-corrected chi connectivity index (χ1v) is 8.23. The van der Waals surface area contributed by atoms with Crippen LogP contribution in [0.4, 0.5) is 0 Å². The first kappa shape index (κ1) is 15.8. The topological polar surface area (TPSA) is 40.5 Å². The number of aryl methyl sites for hydroxylation is 1. The summed E-state index contributed by atoms with van der Waals surface area (Å²) < 4.78 is 0. The van der Waals surface area contributed by atoms with Crippen LogP contribution in [0.1, 0.15) is 41.5 Å². The number of amides is 1. The van der Waals surface area contributed by atoms with E-state index in [1.807, 2.05) is 35.2 Å². The van der Waals surface area contributed by atoms with Crippen LogP contribution in [0.5, 0.6) is 0 Å². The molecule has 2 atom stereocenters. The summed E-state index contributed by atoms with van der Waals surface area (Å²) in [5.74, 6) is 0.0325. The Balaban J connectivity index is 1.85. The summed E-state index contributed by atoms with van der Waals surface area (Å²) in [4.78, 5) is 14.8. The minimum atomic E-state index is -0.253. The largest absolute Gasteiger partial charge is 0.394 e. The maximum absolute atomic E-state index is 13.0. The maximum atomic E-state index is 13.0. The molecule has 2 aromatic rings. The minimum absolute atomic E-state index is 0.0453. The molecule has 0 unspecified atom stereocenters. The van der Waals surface area contributed by atoms with Crippen molar-refractivity contribution in [3.8, 4) is 0 Å². The number of rotatable bonds is 4. The van der Waals surface area contributed by atoms with Gasteiger partial charge in [0.1, 0.15) is 0 Å². The van der Waals surface area contributed by atoms with Gasteiger partial charge in [0.2, 0.25) is 5.91 Å². The lowest BCUT2D eigenvalue weighted by Crippen LogP contribution is -2.43. The lowest BCUT2D eigenvalue weighted by atomic mass is 9.88. The molecule has 120 valence electrons. The second-order valence-electron chi connectivity index (χ2n) is 6.25. The molecule has 0 bridgehead atoms. The Morgan fingerprint density at radius 2 is 1.83 bits per heavy atom. The highest BCUT2D eigenvalue weighted by Crippen LogP contribution is 2.33. The van der Waals surface area contributed by atoms with Gasteiger partial charge >= 0.3 is 0 Å². The molecular weight excluding hydrogens is 286 g/mol. The molecule has 0 saturated carbocycles. The van der Waals surface area contributed by atoms with Gasteiger partial charge in [-0.1, -0.05) is 60.2 Å². The van der Waals surface area contributed by atoms with Crippen molar-refractivity contribution in [2.45, 2.75) is 31.7 Å². The molecule has 1 aliphatic rings. The molecule has 1 heterocycles. The van der Waals surface area contributed by atoms with Gasteiger partial charge in [0.25, 0.3) is 0 Å². The van der Waals surface area contributed by atoms with Crippen LogP contribution in [-0.2, 0) is 4.79 Å². The Kier molecular flexibility index (Phi) is 4.77. The normalized spacial score (nSPS) is 19.7. The molecule has 1 amide bonds. The third kappa shape index (κ3) is 3.30. The summed E-state index contributed by atoms with van der Waals surface area (Å²) >= 11 is 0. The molecule has 2 aromatic carbocycles. The minimum Gasteiger partial charge on any atom is -0.394 e. The van der Waals surface area contributed by atoms with E-state index in [2.05, 4.69) is 31.2 Å². The van der Waals surface area contributed by atoms with Gasteiger partial charge in [0, 0.05) is 6.54 Å². The van der Waals surface area contributed by atoms with Crippen LogP contribution in [-0.4, -0.2) is 29.1 Å². The van der Waals surface area contributed by atoms with E-state index in [0.717, 1.165) is 24.0 Å². The lowest BCUT2D eigenvalue weighted by Gasteiger charge is -2.37. The fourth-order valence-corrected chi connectivity index (χ4v) is 3.38. The molecule has 23 heavy (non-hydrogen) atoms. The molecule has 1 fully saturated rings. The van der Waals surface area contributed by atoms with Crippen molar-refractivity contribution < 1.29 is 9.90 Å². The van der Waals surface area contributed by atoms with Crippen molar-refractivity contribution in [3.63, 3.8) is 0 Å². The molecule has 0 radical (unpaired) electrons. The van der Waals surface area contributed by atoms with Crippen LogP contribution in [0.15, 0.2) is 54.6 Å². The van der Waals surface area contributed by atoms with Gasteiger partial charge < -0.3 is 10.0 Å². The van der Waals surface area contributed by atoms with Crippen LogP contribution in [0.3, 0.4) is 0 Å². The number of carbonyl (C=O) groups is 1. The zero-order valence-corrected chi connectivity index (χ0v) is 13.5. The number of hydrogen-bond acceptors (Lipinski definition) is 2. The molecule has 3 nitrogen and oxygen atoms in total. The van der Waals surface area contributed by atoms with Gasteiger partial charge in [-0.2, -0.15) is 0 Å². The second-order valence-corrected chi connectivity index (χ2v) is 6.25. The number of nitrogens with zero attached hydrogens (tertiary/aromatic N) is 1. The van der Waals surface area contributed by atoms with E-state index in [4.69, 9.17) is 0 Å². The van der Waals surface area contributed by atoms with E-state index < -0.39 is 0 Å². The number of benzene rings is 2. The number of likely N-dealkylation sites (tertiary alicyclic amines) is 1. The smallest absolute Gasteiger partial charge is 0.230 e. The van der Waals surface area contributed by atoms with Gasteiger partial charge in [-0.3, -0.25) is 4.79 Å². The van der Waals surface area contributed by atoms with Gasteiger partial charge in [0.15, 0.2) is 0 Å². The van der Waals surface area contributed by atoms with Gasteiger partial charge in [-0.25, -0.2) is 0 Å². The van der Waals surface area contributed by atoms with Crippen molar-refractivity contribution in [1.29, 1.82) is 0 Å². The van der Waals surface area contributed by atoms with E-state index in [1.54, 1.807) is 0 Å². The molecule has 1 aliphatic heterocycles. The summed E-state index contributed by atoms with van der Waals surface area (Å²) in [7, 11) is 0. The van der Waals surface area contributed by atoms with Crippen LogP contribution in [0.2, 0.25) is 0 Å².